The Morgan fingerprint density at radius 1 is 1.08 bits per heavy atom. The van der Waals surface area contributed by atoms with Crippen molar-refractivity contribution in [3.8, 4) is 0 Å². The summed E-state index contributed by atoms with van der Waals surface area (Å²) in [4.78, 5) is 36.8. The van der Waals surface area contributed by atoms with Gasteiger partial charge in [-0.2, -0.15) is 13.2 Å². The standard InChI is InChI=1S/C13H11NO4.C11H13F3N2.C2H6/c1-2-18-13(17)10-7-9(8-15)11-5-3-4-6-14(11)12(10)16;12-11(13,14)9-1-3-10(4-2-9)16-7-5-15-6-8-16;1-2/h3-8H,2H2,1H3;1-4,15H,5-8H2;1-2H3. The fraction of sp³-hybridized carbons (Fsp3) is 0.346. The number of benzene rings is 1. The molecule has 7 nitrogen and oxygen atoms in total. The molecule has 10 heteroatoms. The lowest BCUT2D eigenvalue weighted by atomic mass is 10.1. The van der Waals surface area contributed by atoms with Crippen LogP contribution < -0.4 is 15.8 Å². The first kappa shape index (κ1) is 28.6. The van der Waals surface area contributed by atoms with Crippen molar-refractivity contribution in [3.05, 3.63) is 81.8 Å². The Hall–Kier alpha value is -3.66. The molecule has 0 amide bonds. The summed E-state index contributed by atoms with van der Waals surface area (Å²) in [6.07, 6.45) is -2.13. The van der Waals surface area contributed by atoms with Gasteiger partial charge in [-0.1, -0.05) is 19.9 Å². The Balaban J connectivity index is 0.000000239. The highest BCUT2D eigenvalue weighted by atomic mass is 19.4. The number of aldehydes is 1. The number of nitrogens with one attached hydrogen (secondary N) is 1. The van der Waals surface area contributed by atoms with Crippen LogP contribution in [0.3, 0.4) is 0 Å². The number of fused-ring (bicyclic) bond motifs is 1. The zero-order valence-electron chi connectivity index (χ0n) is 20.5. The van der Waals surface area contributed by atoms with Crippen molar-refractivity contribution in [2.24, 2.45) is 0 Å². The first-order chi connectivity index (χ1) is 17.3. The van der Waals surface area contributed by atoms with Crippen molar-refractivity contribution in [2.45, 2.75) is 26.9 Å². The molecule has 3 heterocycles. The highest BCUT2D eigenvalue weighted by Gasteiger charge is 2.30. The van der Waals surface area contributed by atoms with E-state index in [1.807, 2.05) is 13.8 Å². The molecule has 36 heavy (non-hydrogen) atoms. The molecular formula is C26H30F3N3O4. The number of nitrogens with zero attached hydrogens (tertiary/aromatic N) is 2. The largest absolute Gasteiger partial charge is 0.462 e. The topological polar surface area (TPSA) is 80.1 Å². The maximum absolute atomic E-state index is 12.3. The van der Waals surface area contributed by atoms with Gasteiger partial charge in [-0.05, 0) is 49.4 Å². The van der Waals surface area contributed by atoms with Crippen molar-refractivity contribution in [1.82, 2.24) is 9.72 Å². The molecule has 1 N–H and O–H groups in total. The van der Waals surface area contributed by atoms with Crippen LogP contribution in [0.2, 0.25) is 0 Å². The van der Waals surface area contributed by atoms with E-state index in [0.717, 1.165) is 44.0 Å². The fourth-order valence-corrected chi connectivity index (χ4v) is 3.51. The zero-order valence-corrected chi connectivity index (χ0v) is 20.5. The Morgan fingerprint density at radius 3 is 2.28 bits per heavy atom. The van der Waals surface area contributed by atoms with Crippen LogP contribution in [0.1, 0.15) is 47.1 Å². The van der Waals surface area contributed by atoms with Gasteiger partial charge in [0.2, 0.25) is 0 Å². The van der Waals surface area contributed by atoms with E-state index in [1.165, 1.54) is 28.8 Å². The van der Waals surface area contributed by atoms with Crippen LogP contribution >= 0.6 is 0 Å². The molecule has 1 aliphatic heterocycles. The number of piperazine rings is 1. The lowest BCUT2D eigenvalue weighted by Gasteiger charge is -2.29. The number of carbonyl (C=O) groups excluding carboxylic acids is 2. The molecular weight excluding hydrogens is 475 g/mol. The molecule has 0 bridgehead atoms. The van der Waals surface area contributed by atoms with Gasteiger partial charge >= 0.3 is 12.1 Å². The number of hydrogen-bond donors (Lipinski definition) is 1. The quantitative estimate of drug-likeness (QED) is 0.418. The molecule has 1 fully saturated rings. The van der Waals surface area contributed by atoms with Gasteiger partial charge < -0.3 is 15.0 Å². The Labute approximate surface area is 207 Å². The maximum atomic E-state index is 12.3. The number of ether oxygens (including phenoxy) is 1. The smallest absolute Gasteiger partial charge is 0.416 e. The van der Waals surface area contributed by atoms with E-state index < -0.39 is 23.3 Å². The molecule has 194 valence electrons. The normalized spacial score (nSPS) is 13.1. The number of anilines is 1. The Morgan fingerprint density at radius 2 is 1.72 bits per heavy atom. The third-order valence-corrected chi connectivity index (χ3v) is 5.20. The molecule has 0 spiro atoms. The molecule has 0 unspecified atom stereocenters. The van der Waals surface area contributed by atoms with Gasteiger partial charge in [-0.15, -0.1) is 0 Å². The predicted octanol–water partition coefficient (Wildman–Crippen LogP) is 4.43. The average Bonchev–Trinajstić information content (AvgIpc) is 2.91. The second-order valence-electron chi connectivity index (χ2n) is 7.39. The lowest BCUT2D eigenvalue weighted by Crippen LogP contribution is -2.43. The van der Waals surface area contributed by atoms with Crippen LogP contribution in [-0.2, 0) is 10.9 Å². The Kier molecular flexibility index (Phi) is 10.7. The number of hydrogen-bond acceptors (Lipinski definition) is 6. The van der Waals surface area contributed by atoms with Crippen molar-refractivity contribution in [3.63, 3.8) is 0 Å². The van der Waals surface area contributed by atoms with Gasteiger partial charge in [0.15, 0.2) is 6.29 Å². The highest BCUT2D eigenvalue weighted by molar-refractivity contribution is 5.94. The van der Waals surface area contributed by atoms with E-state index in [4.69, 9.17) is 4.74 Å². The first-order valence-corrected chi connectivity index (χ1v) is 11.7. The summed E-state index contributed by atoms with van der Waals surface area (Å²) >= 11 is 0. The van der Waals surface area contributed by atoms with Crippen molar-refractivity contribution in [1.29, 1.82) is 0 Å². The van der Waals surface area contributed by atoms with E-state index in [0.29, 0.717) is 11.8 Å². The summed E-state index contributed by atoms with van der Waals surface area (Å²) in [5.74, 6) is -0.719. The summed E-state index contributed by atoms with van der Waals surface area (Å²) < 4.78 is 43.1. The number of halogens is 3. The molecule has 0 atom stereocenters. The molecule has 4 rings (SSSR count). The summed E-state index contributed by atoms with van der Waals surface area (Å²) in [6.45, 7) is 9.25. The van der Waals surface area contributed by atoms with E-state index >= 15 is 0 Å². The first-order valence-electron chi connectivity index (χ1n) is 11.7. The van der Waals surface area contributed by atoms with Gasteiger partial charge in [-0.3, -0.25) is 14.0 Å². The van der Waals surface area contributed by atoms with E-state index in [2.05, 4.69) is 10.2 Å². The van der Waals surface area contributed by atoms with E-state index in [1.54, 1.807) is 25.1 Å². The van der Waals surface area contributed by atoms with Crippen LogP contribution in [-0.4, -0.2) is 49.4 Å². The summed E-state index contributed by atoms with van der Waals surface area (Å²) in [7, 11) is 0. The summed E-state index contributed by atoms with van der Waals surface area (Å²) in [6, 6.07) is 11.6. The van der Waals surface area contributed by atoms with Crippen LogP contribution in [0, 0.1) is 0 Å². The van der Waals surface area contributed by atoms with Crippen molar-refractivity contribution >= 4 is 23.5 Å². The van der Waals surface area contributed by atoms with Gasteiger partial charge in [0.05, 0.1) is 17.7 Å². The van der Waals surface area contributed by atoms with E-state index in [-0.39, 0.29) is 17.7 Å². The van der Waals surface area contributed by atoms with Gasteiger partial charge in [-0.25, -0.2) is 4.79 Å². The zero-order chi connectivity index (χ0) is 26.7. The predicted molar refractivity (Wildman–Crippen MR) is 133 cm³/mol. The lowest BCUT2D eigenvalue weighted by molar-refractivity contribution is -0.137. The summed E-state index contributed by atoms with van der Waals surface area (Å²) in [5, 5.41) is 3.20. The van der Waals surface area contributed by atoms with E-state index in [9.17, 15) is 27.6 Å². The monoisotopic (exact) mass is 505 g/mol. The number of pyridine rings is 2. The molecule has 1 aliphatic rings. The molecule has 3 aromatic rings. The Bertz CT molecular complexity index is 1200. The number of esters is 1. The molecule has 0 radical (unpaired) electrons. The van der Waals surface area contributed by atoms with Crippen molar-refractivity contribution in [2.75, 3.05) is 37.7 Å². The fourth-order valence-electron chi connectivity index (χ4n) is 3.51. The molecule has 0 saturated carbocycles. The molecule has 1 saturated heterocycles. The molecule has 1 aromatic carbocycles. The van der Waals surface area contributed by atoms with Crippen molar-refractivity contribution < 1.29 is 27.5 Å². The third kappa shape index (κ3) is 7.17. The van der Waals surface area contributed by atoms with Gasteiger partial charge in [0.25, 0.3) is 5.56 Å². The van der Waals surface area contributed by atoms with Gasteiger partial charge in [0, 0.05) is 43.6 Å². The number of aromatic nitrogens is 1. The third-order valence-electron chi connectivity index (χ3n) is 5.20. The number of carbonyl (C=O) groups is 2. The maximum Gasteiger partial charge on any atom is 0.416 e. The molecule has 0 aliphatic carbocycles. The average molecular weight is 506 g/mol. The minimum atomic E-state index is -4.25. The molecule has 2 aromatic heterocycles. The second-order valence-corrected chi connectivity index (χ2v) is 7.39. The minimum Gasteiger partial charge on any atom is -0.462 e. The minimum absolute atomic E-state index is 0.136. The van der Waals surface area contributed by atoms with Gasteiger partial charge in [0.1, 0.15) is 5.56 Å². The van der Waals surface area contributed by atoms with Crippen LogP contribution in [0.4, 0.5) is 18.9 Å². The van der Waals surface area contributed by atoms with Crippen LogP contribution in [0.15, 0.2) is 59.5 Å². The highest BCUT2D eigenvalue weighted by Crippen LogP contribution is 2.30. The summed E-state index contributed by atoms with van der Waals surface area (Å²) in [5.41, 5.74) is 0.377. The number of alkyl halides is 3. The SMILES string of the molecule is CC.CCOC(=O)c1cc(C=O)c2ccccn2c1=O.FC(F)(F)c1ccc(N2CCNCC2)cc1. The number of rotatable bonds is 4. The van der Waals surface area contributed by atoms with Crippen LogP contribution in [0.5, 0.6) is 0 Å². The van der Waals surface area contributed by atoms with Crippen LogP contribution in [0.25, 0.3) is 5.52 Å². The second kappa shape index (κ2) is 13.4.